The van der Waals surface area contributed by atoms with Crippen molar-refractivity contribution in [1.82, 2.24) is 10.6 Å². The van der Waals surface area contributed by atoms with Crippen LogP contribution in [0.5, 0.6) is 0 Å². The van der Waals surface area contributed by atoms with Gasteiger partial charge in [0.15, 0.2) is 0 Å². The maximum Gasteiger partial charge on any atom is 0.407 e. The Kier molecular flexibility index (Phi) is 10.3. The minimum Gasteiger partial charge on any atom is -0.481 e. The number of hydrogen-bond acceptors (Lipinski definition) is 5. The lowest BCUT2D eigenvalue weighted by Crippen LogP contribution is -2.33. The van der Waals surface area contributed by atoms with Gasteiger partial charge in [-0.3, -0.25) is 14.4 Å². The molecule has 2 rings (SSSR count). The molecule has 0 bridgehead atoms. The summed E-state index contributed by atoms with van der Waals surface area (Å²) in [5, 5.41) is 17.6. The summed E-state index contributed by atoms with van der Waals surface area (Å²) in [6.07, 6.45) is 0.943. The second-order valence-electron chi connectivity index (χ2n) is 9.03. The molecule has 0 aromatic heterocycles. The molecule has 0 radical (unpaired) electrons. The lowest BCUT2D eigenvalue weighted by Gasteiger charge is -2.19. The normalized spacial score (nSPS) is 11.7. The molecule has 9 heteroatoms. The van der Waals surface area contributed by atoms with Crippen molar-refractivity contribution in [2.75, 3.05) is 18.4 Å². The number of carboxylic acids is 1. The highest BCUT2D eigenvalue weighted by molar-refractivity contribution is 5.97. The van der Waals surface area contributed by atoms with Gasteiger partial charge in [-0.25, -0.2) is 4.79 Å². The zero-order valence-corrected chi connectivity index (χ0v) is 20.3. The highest BCUT2D eigenvalue weighted by atomic mass is 16.6. The van der Waals surface area contributed by atoms with Gasteiger partial charge < -0.3 is 25.8 Å². The Morgan fingerprint density at radius 1 is 0.943 bits per heavy atom. The quantitative estimate of drug-likeness (QED) is 0.358. The number of hydrogen-bond donors (Lipinski definition) is 4. The van der Waals surface area contributed by atoms with E-state index in [-0.39, 0.29) is 18.9 Å². The molecule has 0 aliphatic heterocycles. The van der Waals surface area contributed by atoms with Crippen molar-refractivity contribution in [1.29, 1.82) is 0 Å². The van der Waals surface area contributed by atoms with E-state index < -0.39 is 29.5 Å². The van der Waals surface area contributed by atoms with Gasteiger partial charge in [0.1, 0.15) is 5.60 Å². The molecule has 0 saturated heterocycles. The summed E-state index contributed by atoms with van der Waals surface area (Å²) >= 11 is 0. The fraction of sp³-hybridized carbons (Fsp3) is 0.385. The Balaban J connectivity index is 1.79. The van der Waals surface area contributed by atoms with E-state index >= 15 is 0 Å². The van der Waals surface area contributed by atoms with E-state index in [1.807, 2.05) is 0 Å². The molecule has 188 valence electrons. The van der Waals surface area contributed by atoms with E-state index in [0.29, 0.717) is 36.2 Å². The molecule has 35 heavy (non-hydrogen) atoms. The van der Waals surface area contributed by atoms with Crippen molar-refractivity contribution in [2.45, 2.75) is 51.6 Å². The number of anilines is 1. The van der Waals surface area contributed by atoms with Crippen LogP contribution in [-0.4, -0.2) is 47.7 Å². The zero-order chi connectivity index (χ0) is 25.8. The molecule has 0 fully saturated rings. The largest absolute Gasteiger partial charge is 0.481 e. The molecule has 0 spiro atoms. The molecule has 4 N–H and O–H groups in total. The molecular weight excluding hydrogens is 450 g/mol. The number of carbonyl (C=O) groups is 4. The number of aliphatic carboxylic acids is 1. The second-order valence-corrected chi connectivity index (χ2v) is 9.03. The van der Waals surface area contributed by atoms with Crippen LogP contribution in [0.25, 0.3) is 0 Å². The van der Waals surface area contributed by atoms with Crippen LogP contribution >= 0.6 is 0 Å². The number of carbonyl (C=O) groups excluding carboxylic acids is 3. The summed E-state index contributed by atoms with van der Waals surface area (Å²) in [5.41, 5.74) is 0.812. The number of ether oxygens (including phenoxy) is 1. The van der Waals surface area contributed by atoms with Gasteiger partial charge in [-0.1, -0.05) is 36.4 Å². The Morgan fingerprint density at radius 2 is 1.66 bits per heavy atom. The van der Waals surface area contributed by atoms with E-state index in [0.717, 1.165) is 0 Å². The molecule has 0 heterocycles. The van der Waals surface area contributed by atoms with Crippen LogP contribution in [0.2, 0.25) is 0 Å². The summed E-state index contributed by atoms with van der Waals surface area (Å²) in [6, 6.07) is 15.1. The highest BCUT2D eigenvalue weighted by Gasteiger charge is 2.21. The Labute approximate surface area is 205 Å². The maximum absolute atomic E-state index is 12.6. The zero-order valence-electron chi connectivity index (χ0n) is 20.3. The average Bonchev–Trinajstić information content (AvgIpc) is 2.78. The van der Waals surface area contributed by atoms with Crippen LogP contribution in [-0.2, 0) is 14.3 Å². The van der Waals surface area contributed by atoms with Crippen molar-refractivity contribution in [3.8, 4) is 0 Å². The SMILES string of the molecule is CC(C)(C)OC(=O)NCCCCC(=O)Nc1cccc(C(=O)NCC(C(=O)O)c2ccccc2)c1. The van der Waals surface area contributed by atoms with Crippen LogP contribution in [0.15, 0.2) is 54.6 Å². The molecule has 2 aromatic carbocycles. The predicted octanol–water partition coefficient (Wildman–Crippen LogP) is 3.92. The summed E-state index contributed by atoms with van der Waals surface area (Å²) in [6.45, 7) is 5.69. The van der Waals surface area contributed by atoms with Gasteiger partial charge in [0.2, 0.25) is 5.91 Å². The van der Waals surface area contributed by atoms with Crippen LogP contribution < -0.4 is 16.0 Å². The third kappa shape index (κ3) is 10.3. The van der Waals surface area contributed by atoms with Crippen LogP contribution in [0.1, 0.15) is 61.9 Å². The third-order valence-electron chi connectivity index (χ3n) is 4.87. The van der Waals surface area contributed by atoms with Gasteiger partial charge in [0.05, 0.1) is 5.92 Å². The van der Waals surface area contributed by atoms with Crippen molar-refractivity contribution in [2.24, 2.45) is 0 Å². The molecule has 2 aromatic rings. The molecule has 0 aliphatic rings. The number of carboxylic acid groups (broad SMARTS) is 1. The summed E-state index contributed by atoms with van der Waals surface area (Å²) in [5.74, 6) is -2.54. The molecule has 0 saturated carbocycles. The molecule has 1 atom stereocenters. The van der Waals surface area contributed by atoms with Crippen molar-refractivity contribution in [3.05, 3.63) is 65.7 Å². The fourth-order valence-electron chi connectivity index (χ4n) is 3.21. The average molecular weight is 484 g/mol. The Bertz CT molecular complexity index is 1020. The van der Waals surface area contributed by atoms with Crippen molar-refractivity contribution >= 4 is 29.6 Å². The number of nitrogens with one attached hydrogen (secondary N) is 3. The van der Waals surface area contributed by atoms with Crippen LogP contribution in [0.3, 0.4) is 0 Å². The minimum atomic E-state index is -1.03. The standard InChI is InChI=1S/C26H33N3O6/c1-26(2,3)35-25(34)27-15-8-7-14-22(30)29-20-13-9-12-19(16-20)23(31)28-17-21(24(32)33)18-10-5-4-6-11-18/h4-6,9-13,16,21H,7-8,14-15,17H2,1-3H3,(H,27,34)(H,28,31)(H,29,30)(H,32,33). The molecular formula is C26H33N3O6. The lowest BCUT2D eigenvalue weighted by molar-refractivity contribution is -0.138. The number of rotatable bonds is 11. The number of unbranched alkanes of at least 4 members (excludes halogenated alkanes) is 1. The molecule has 1 unspecified atom stereocenters. The number of alkyl carbamates (subject to hydrolysis) is 1. The molecule has 0 aliphatic carbocycles. The minimum absolute atomic E-state index is 0.0634. The predicted molar refractivity (Wildman–Crippen MR) is 132 cm³/mol. The van der Waals surface area contributed by atoms with E-state index in [4.69, 9.17) is 4.74 Å². The summed E-state index contributed by atoms with van der Waals surface area (Å²) in [4.78, 5) is 48.0. The third-order valence-corrected chi connectivity index (χ3v) is 4.87. The number of benzene rings is 2. The lowest BCUT2D eigenvalue weighted by atomic mass is 9.99. The van der Waals surface area contributed by atoms with Crippen LogP contribution in [0.4, 0.5) is 10.5 Å². The fourth-order valence-corrected chi connectivity index (χ4v) is 3.21. The maximum atomic E-state index is 12.6. The van der Waals surface area contributed by atoms with Gasteiger partial charge in [-0.2, -0.15) is 0 Å². The van der Waals surface area contributed by atoms with Gasteiger partial charge >= 0.3 is 12.1 Å². The van der Waals surface area contributed by atoms with E-state index in [1.54, 1.807) is 69.3 Å². The van der Waals surface area contributed by atoms with E-state index in [2.05, 4.69) is 16.0 Å². The van der Waals surface area contributed by atoms with Crippen molar-refractivity contribution in [3.63, 3.8) is 0 Å². The Morgan fingerprint density at radius 3 is 2.31 bits per heavy atom. The Hall–Kier alpha value is -3.88. The smallest absolute Gasteiger partial charge is 0.407 e. The number of amides is 3. The summed E-state index contributed by atoms with van der Waals surface area (Å²) < 4.78 is 5.15. The first kappa shape index (κ1) is 27.4. The first-order valence-corrected chi connectivity index (χ1v) is 11.5. The highest BCUT2D eigenvalue weighted by Crippen LogP contribution is 2.16. The summed E-state index contributed by atoms with van der Waals surface area (Å²) in [7, 11) is 0. The van der Waals surface area contributed by atoms with Crippen molar-refractivity contribution < 1.29 is 29.0 Å². The van der Waals surface area contributed by atoms with Crippen LogP contribution in [0, 0.1) is 0 Å². The van der Waals surface area contributed by atoms with E-state index in [9.17, 15) is 24.3 Å². The van der Waals surface area contributed by atoms with Gasteiger partial charge in [0, 0.05) is 30.8 Å². The second kappa shape index (κ2) is 13.1. The topological polar surface area (TPSA) is 134 Å². The van der Waals surface area contributed by atoms with Gasteiger partial charge in [-0.05, 0) is 57.4 Å². The van der Waals surface area contributed by atoms with Gasteiger partial charge in [0.25, 0.3) is 5.91 Å². The monoisotopic (exact) mass is 483 g/mol. The first-order chi connectivity index (χ1) is 16.5. The molecule has 3 amide bonds. The van der Waals surface area contributed by atoms with E-state index in [1.165, 1.54) is 6.07 Å². The molecule has 9 nitrogen and oxygen atoms in total. The van der Waals surface area contributed by atoms with Gasteiger partial charge in [-0.15, -0.1) is 0 Å². The first-order valence-electron chi connectivity index (χ1n) is 11.5.